The zero-order chi connectivity index (χ0) is 24.3. The van der Waals surface area contributed by atoms with Crippen LogP contribution < -0.4 is 0 Å². The van der Waals surface area contributed by atoms with Crippen molar-refractivity contribution in [3.8, 4) is 0 Å². The molecule has 0 heterocycles. The van der Waals surface area contributed by atoms with Crippen LogP contribution in [0.4, 0.5) is 0 Å². The molecular weight excluding hydrogens is 372 g/mol. The fraction of sp³-hybridized carbons (Fsp3) is 0.613. The molecule has 0 unspecified atom stereocenters. The van der Waals surface area contributed by atoms with Crippen LogP contribution in [0.5, 0.6) is 0 Å². The van der Waals surface area contributed by atoms with E-state index in [1.54, 1.807) is 6.92 Å². The van der Waals surface area contributed by atoms with Crippen LogP contribution in [0.2, 0.25) is 0 Å². The van der Waals surface area contributed by atoms with E-state index in [4.69, 9.17) is 2.74 Å². The van der Waals surface area contributed by atoms with Gasteiger partial charge in [-0.05, 0) is 51.4 Å². The van der Waals surface area contributed by atoms with Gasteiger partial charge in [0.05, 0.1) is 0 Å². The normalized spacial score (nSPS) is 14.4. The van der Waals surface area contributed by atoms with Crippen molar-refractivity contribution in [1.82, 2.24) is 0 Å². The second kappa shape index (κ2) is 28.4. The second-order valence-electron chi connectivity index (χ2n) is 8.14. The van der Waals surface area contributed by atoms with Crippen LogP contribution in [0.15, 0.2) is 72.9 Å². The van der Waals surface area contributed by atoms with Gasteiger partial charge < -0.3 is 0 Å². The summed E-state index contributed by atoms with van der Waals surface area (Å²) >= 11 is 0. The van der Waals surface area contributed by atoms with Crippen LogP contribution in [-0.4, -0.2) is 0 Å². The summed E-state index contributed by atoms with van der Waals surface area (Å²) in [6, 6.07) is 0. The average molecular weight is 427 g/mol. The molecule has 0 nitrogen and oxygen atoms in total. The monoisotopic (exact) mass is 426 g/mol. The maximum atomic E-state index is 7.52. The molecule has 0 atom stereocenters. The Bertz CT molecular complexity index is 570. The Labute approximate surface area is 198 Å². The highest BCUT2D eigenvalue weighted by Crippen LogP contribution is 2.11. The van der Waals surface area contributed by atoms with Gasteiger partial charge in [0, 0.05) is 2.74 Å². The number of rotatable bonds is 22. The summed E-state index contributed by atoms with van der Waals surface area (Å²) in [5.74, 6) is 0. The third kappa shape index (κ3) is 28.4. The van der Waals surface area contributed by atoms with Crippen LogP contribution in [0.25, 0.3) is 0 Å². The molecule has 0 aliphatic heterocycles. The molecule has 0 heteroatoms. The third-order valence-electron chi connectivity index (χ3n) is 5.14. The minimum Gasteiger partial charge on any atom is -0.0885 e. The lowest BCUT2D eigenvalue weighted by atomic mass is 10.1. The Balaban J connectivity index is 3.40. The molecule has 0 aromatic heterocycles. The summed E-state index contributed by atoms with van der Waals surface area (Å²) in [5, 5.41) is 0. The summed E-state index contributed by atoms with van der Waals surface area (Å²) in [6.45, 7) is 3.85. The fourth-order valence-corrected chi connectivity index (χ4v) is 3.26. The molecule has 0 spiro atoms. The van der Waals surface area contributed by atoms with Gasteiger partial charge in [-0.3, -0.25) is 0 Å². The fourth-order valence-electron chi connectivity index (χ4n) is 3.26. The molecule has 0 radical (unpaired) electrons. The van der Waals surface area contributed by atoms with Crippen molar-refractivity contribution in [2.45, 2.75) is 123 Å². The van der Waals surface area contributed by atoms with E-state index in [1.165, 1.54) is 51.4 Å². The van der Waals surface area contributed by atoms with Crippen molar-refractivity contribution in [3.63, 3.8) is 0 Å². The van der Waals surface area contributed by atoms with Crippen LogP contribution in [0.1, 0.15) is 126 Å². The Morgan fingerprint density at radius 3 is 1.10 bits per heavy atom. The van der Waals surface area contributed by atoms with E-state index in [0.717, 1.165) is 44.9 Å². The minimum atomic E-state index is -0.985. The molecule has 31 heavy (non-hydrogen) atoms. The van der Waals surface area contributed by atoms with E-state index in [-0.39, 0.29) is 0 Å². The first-order valence-electron chi connectivity index (χ1n) is 14.0. The summed E-state index contributed by atoms with van der Waals surface area (Å²) in [4.78, 5) is 0. The van der Waals surface area contributed by atoms with Crippen molar-refractivity contribution < 1.29 is 2.74 Å². The second-order valence-corrected chi connectivity index (χ2v) is 8.14. The lowest BCUT2D eigenvalue weighted by Gasteiger charge is -2.01. The van der Waals surface area contributed by atoms with Gasteiger partial charge in [-0.2, -0.15) is 0 Å². The zero-order valence-corrected chi connectivity index (χ0v) is 20.7. The lowest BCUT2D eigenvalue weighted by molar-refractivity contribution is 0.557. The number of hydrogen-bond acceptors (Lipinski definition) is 0. The van der Waals surface area contributed by atoms with Gasteiger partial charge in [-0.1, -0.05) is 144 Å². The zero-order valence-electron chi connectivity index (χ0n) is 22.7. The SMILES string of the molecule is [2H]C([2H])(C)CCCCCCCCCC/C=C\C/C=C\C/C=C\C/C=C\C/C=C\C/C=C\CC. The summed E-state index contributed by atoms with van der Waals surface area (Å²) in [6.07, 6.45) is 44.4. The van der Waals surface area contributed by atoms with E-state index in [2.05, 4.69) is 79.8 Å². The van der Waals surface area contributed by atoms with Crippen LogP contribution >= 0.6 is 0 Å². The first-order valence-corrected chi connectivity index (χ1v) is 13.0. The van der Waals surface area contributed by atoms with Gasteiger partial charge in [0.2, 0.25) is 0 Å². The molecule has 0 aromatic rings. The van der Waals surface area contributed by atoms with Gasteiger partial charge in [0.1, 0.15) is 0 Å². The standard InChI is InChI=1S/C31H52/c1-3-5-7-9-11-13-15-17-19-21-23-25-27-29-31-30-28-26-24-22-20-18-16-14-12-10-8-6-4-2/h5,7,11,13,17,19,23,25-26,28-29,31H,3-4,6,8-10,12,14-16,18,20-22,24,27,30H2,1-2H3/b7-5-,13-11-,19-17-,25-23-,28-26-,31-29-/i4D2. The highest BCUT2D eigenvalue weighted by atomic mass is 14.0. The average Bonchev–Trinajstić information content (AvgIpc) is 2.78. The lowest BCUT2D eigenvalue weighted by Crippen LogP contribution is -1.81. The van der Waals surface area contributed by atoms with Gasteiger partial charge >= 0.3 is 0 Å². The molecule has 0 amide bonds. The van der Waals surface area contributed by atoms with Crippen molar-refractivity contribution >= 4 is 0 Å². The van der Waals surface area contributed by atoms with E-state index >= 15 is 0 Å². The van der Waals surface area contributed by atoms with E-state index in [0.29, 0.717) is 6.42 Å². The van der Waals surface area contributed by atoms with Crippen molar-refractivity contribution in [2.24, 2.45) is 0 Å². The van der Waals surface area contributed by atoms with Crippen molar-refractivity contribution in [3.05, 3.63) is 72.9 Å². The summed E-state index contributed by atoms with van der Waals surface area (Å²) in [7, 11) is 0. The number of hydrogen-bond donors (Lipinski definition) is 0. The minimum absolute atomic E-state index is 0.707. The molecule has 0 aliphatic carbocycles. The van der Waals surface area contributed by atoms with Crippen LogP contribution in [0, 0.1) is 0 Å². The molecule has 0 rings (SSSR count). The molecule has 0 N–H and O–H groups in total. The highest BCUT2D eigenvalue weighted by Gasteiger charge is 1.91. The van der Waals surface area contributed by atoms with Crippen molar-refractivity contribution in [2.75, 3.05) is 0 Å². The summed E-state index contributed by atoms with van der Waals surface area (Å²) < 4.78 is 15.0. The molecule has 0 aromatic carbocycles. The topological polar surface area (TPSA) is 0 Å². The van der Waals surface area contributed by atoms with E-state index in [1.807, 2.05) is 0 Å². The molecule has 0 saturated heterocycles. The molecule has 0 bridgehead atoms. The summed E-state index contributed by atoms with van der Waals surface area (Å²) in [5.41, 5.74) is 0. The van der Waals surface area contributed by atoms with Gasteiger partial charge in [0.25, 0.3) is 0 Å². The number of unbranched alkanes of at least 4 members (excludes halogenated alkanes) is 8. The third-order valence-corrected chi connectivity index (χ3v) is 5.14. The van der Waals surface area contributed by atoms with Crippen LogP contribution in [0.3, 0.4) is 0 Å². The smallest absolute Gasteiger partial charge is 0.0264 e. The number of allylic oxidation sites excluding steroid dienone is 12. The first-order chi connectivity index (χ1) is 16.1. The maximum absolute atomic E-state index is 7.52. The predicted molar refractivity (Wildman–Crippen MR) is 145 cm³/mol. The maximum Gasteiger partial charge on any atom is 0.0264 e. The Morgan fingerprint density at radius 1 is 0.387 bits per heavy atom. The molecule has 0 saturated carbocycles. The molecular formula is C31H52. The van der Waals surface area contributed by atoms with Gasteiger partial charge in [-0.15, -0.1) is 0 Å². The molecule has 176 valence electrons. The predicted octanol–water partition coefficient (Wildman–Crippen LogP) is 11.0. The van der Waals surface area contributed by atoms with E-state index < -0.39 is 6.37 Å². The Morgan fingerprint density at radius 2 is 0.710 bits per heavy atom. The molecule has 0 aliphatic rings. The van der Waals surface area contributed by atoms with Crippen LogP contribution in [-0.2, 0) is 0 Å². The largest absolute Gasteiger partial charge is 0.0885 e. The molecule has 0 fully saturated rings. The van der Waals surface area contributed by atoms with Gasteiger partial charge in [0.15, 0.2) is 0 Å². The Hall–Kier alpha value is -1.56. The van der Waals surface area contributed by atoms with E-state index in [9.17, 15) is 0 Å². The highest BCUT2D eigenvalue weighted by molar-refractivity contribution is 5.01. The van der Waals surface area contributed by atoms with Crippen molar-refractivity contribution in [1.29, 1.82) is 0 Å². The van der Waals surface area contributed by atoms with Gasteiger partial charge in [-0.25, -0.2) is 0 Å². The Kier molecular flexibility index (Phi) is 23.6. The quantitative estimate of drug-likeness (QED) is 0.119. The first kappa shape index (κ1) is 25.7.